The molecule has 0 aliphatic heterocycles. The Morgan fingerprint density at radius 3 is 1.93 bits per heavy atom. The quantitative estimate of drug-likeness (QED) is 0.186. The normalized spacial score (nSPS) is 13.5. The molecule has 0 radical (unpaired) electrons. The monoisotopic (exact) mass is 594 g/mol. The lowest BCUT2D eigenvalue weighted by Gasteiger charge is -2.16. The Hall–Kier alpha value is -4.96. The molecule has 0 atom stereocenters. The predicted octanol–water partition coefficient (Wildman–Crippen LogP) is 9.32. The van der Waals surface area contributed by atoms with E-state index in [0.717, 1.165) is 16.9 Å². The molecule has 0 aliphatic rings. The molecule has 2 aromatic heterocycles. The summed E-state index contributed by atoms with van der Waals surface area (Å²) in [6.07, 6.45) is 0. The molecular formula is C37H28N4SSi. The molecule has 206 valence electrons. The van der Waals surface area contributed by atoms with Crippen LogP contribution in [0.15, 0.2) is 115 Å². The van der Waals surface area contributed by atoms with E-state index in [0.29, 0.717) is 48.3 Å². The molecule has 0 spiro atoms. The number of hydrogen-bond donors (Lipinski definition) is 0. The van der Waals surface area contributed by atoms with Crippen molar-refractivity contribution in [3.63, 3.8) is 0 Å². The van der Waals surface area contributed by atoms with Crippen molar-refractivity contribution in [3.05, 3.63) is 121 Å². The van der Waals surface area contributed by atoms with Gasteiger partial charge in [0.05, 0.1) is 27.9 Å². The Labute approximate surface area is 264 Å². The van der Waals surface area contributed by atoms with Crippen molar-refractivity contribution in [1.82, 2.24) is 15.0 Å². The summed E-state index contributed by atoms with van der Waals surface area (Å²) in [5, 5.41) is 11.3. The van der Waals surface area contributed by atoms with Crippen molar-refractivity contribution in [1.29, 1.82) is 5.26 Å². The Bertz CT molecular complexity index is 2490. The van der Waals surface area contributed by atoms with Crippen molar-refractivity contribution in [2.75, 3.05) is 0 Å². The van der Waals surface area contributed by atoms with Gasteiger partial charge in [-0.15, -0.1) is 11.3 Å². The maximum absolute atomic E-state index is 9.42. The average molecular weight is 595 g/mol. The third-order valence-electron chi connectivity index (χ3n) is 7.28. The standard InChI is InChI=1S/C37H28N4SSi/c1-43(2,3)29-19-16-27(17-20-29)36-39-35(26-14-12-24(23-38)13-15-26)40-37(41-36)28-18-21-31-33(22-28)42-32-11-7-10-30(34(31)32)25-8-5-4-6-9-25/h4-22H,1-3H3/i7D,10D,11D,18D,21D,22D. The second-order valence-electron chi connectivity index (χ2n) is 11.2. The van der Waals surface area contributed by atoms with Crippen LogP contribution < -0.4 is 5.19 Å². The Morgan fingerprint density at radius 2 is 1.30 bits per heavy atom. The predicted molar refractivity (Wildman–Crippen MR) is 182 cm³/mol. The summed E-state index contributed by atoms with van der Waals surface area (Å²) in [6.45, 7) is 6.80. The van der Waals surface area contributed by atoms with Crippen molar-refractivity contribution in [2.24, 2.45) is 0 Å². The minimum absolute atomic E-state index is 0.0475. The van der Waals surface area contributed by atoms with Crippen LogP contribution in [0.3, 0.4) is 0 Å². The highest BCUT2D eigenvalue weighted by Crippen LogP contribution is 2.41. The van der Waals surface area contributed by atoms with E-state index >= 15 is 0 Å². The van der Waals surface area contributed by atoms with Gasteiger partial charge in [-0.25, -0.2) is 15.0 Å². The van der Waals surface area contributed by atoms with Gasteiger partial charge in [-0.3, -0.25) is 0 Å². The highest BCUT2D eigenvalue weighted by molar-refractivity contribution is 7.26. The molecule has 7 aromatic rings. The average Bonchev–Trinajstić information content (AvgIpc) is 3.51. The largest absolute Gasteiger partial charge is 0.208 e. The van der Waals surface area contributed by atoms with Crippen LogP contribution in [0.5, 0.6) is 0 Å². The number of fused-ring (bicyclic) bond motifs is 3. The molecule has 2 heterocycles. The van der Waals surface area contributed by atoms with Gasteiger partial charge in [-0.1, -0.05) is 104 Å². The van der Waals surface area contributed by atoms with Gasteiger partial charge >= 0.3 is 0 Å². The summed E-state index contributed by atoms with van der Waals surface area (Å²) in [6, 6.07) is 25.1. The van der Waals surface area contributed by atoms with Crippen molar-refractivity contribution >= 4 is 44.8 Å². The lowest BCUT2D eigenvalue weighted by Crippen LogP contribution is -2.37. The summed E-state index contributed by atoms with van der Waals surface area (Å²) in [5.41, 5.74) is 2.92. The van der Waals surface area contributed by atoms with Gasteiger partial charge in [0.1, 0.15) is 0 Å². The maximum Gasteiger partial charge on any atom is 0.164 e. The van der Waals surface area contributed by atoms with Gasteiger partial charge in [0.2, 0.25) is 0 Å². The number of nitrogens with zero attached hydrogens (tertiary/aromatic N) is 4. The van der Waals surface area contributed by atoms with Gasteiger partial charge in [-0.2, -0.15) is 5.26 Å². The van der Waals surface area contributed by atoms with Crippen LogP contribution in [-0.2, 0) is 0 Å². The molecule has 0 aliphatic carbocycles. The third-order valence-corrected chi connectivity index (χ3v) is 10.4. The minimum atomic E-state index is -1.58. The van der Waals surface area contributed by atoms with Crippen LogP contribution in [0.4, 0.5) is 0 Å². The Morgan fingerprint density at radius 1 is 0.674 bits per heavy atom. The van der Waals surface area contributed by atoms with E-state index in [1.54, 1.807) is 24.3 Å². The molecule has 0 amide bonds. The third kappa shape index (κ3) is 5.14. The summed E-state index contributed by atoms with van der Waals surface area (Å²) in [5.74, 6) is 0.682. The number of rotatable bonds is 5. The van der Waals surface area contributed by atoms with Gasteiger partial charge in [-0.05, 0) is 47.5 Å². The van der Waals surface area contributed by atoms with E-state index in [1.165, 1.54) is 5.19 Å². The fourth-order valence-corrected chi connectivity index (χ4v) is 7.13. The van der Waals surface area contributed by atoms with Crippen LogP contribution in [0, 0.1) is 11.3 Å². The van der Waals surface area contributed by atoms with Gasteiger partial charge in [0.25, 0.3) is 0 Å². The molecule has 0 unspecified atom stereocenters. The van der Waals surface area contributed by atoms with Crippen molar-refractivity contribution in [3.8, 4) is 51.4 Å². The van der Waals surface area contributed by atoms with Gasteiger partial charge in [0, 0.05) is 36.9 Å². The zero-order valence-electron chi connectivity index (χ0n) is 29.7. The first-order chi connectivity index (χ1) is 23.4. The fourth-order valence-electron chi connectivity index (χ4n) is 4.94. The fraction of sp³-hybridized carbons (Fsp3) is 0.0811. The Balaban J connectivity index is 1.52. The van der Waals surface area contributed by atoms with Gasteiger partial charge < -0.3 is 0 Å². The van der Waals surface area contributed by atoms with E-state index < -0.39 is 8.07 Å². The lowest BCUT2D eigenvalue weighted by molar-refractivity contribution is 1.07. The zero-order chi connectivity index (χ0) is 34.8. The summed E-state index contributed by atoms with van der Waals surface area (Å²) >= 11 is 1.11. The molecule has 0 bridgehead atoms. The minimum Gasteiger partial charge on any atom is -0.208 e. The highest BCUT2D eigenvalue weighted by Gasteiger charge is 2.18. The molecule has 5 aromatic carbocycles. The van der Waals surface area contributed by atoms with Crippen LogP contribution in [0.2, 0.25) is 19.6 Å². The molecule has 6 heteroatoms. The molecule has 0 fully saturated rings. The molecule has 43 heavy (non-hydrogen) atoms. The first-order valence-electron chi connectivity index (χ1n) is 16.8. The van der Waals surface area contributed by atoms with Crippen LogP contribution in [0.1, 0.15) is 13.8 Å². The maximum atomic E-state index is 9.42. The van der Waals surface area contributed by atoms with E-state index in [-0.39, 0.29) is 53.5 Å². The number of aromatic nitrogens is 3. The van der Waals surface area contributed by atoms with Crippen molar-refractivity contribution < 1.29 is 8.22 Å². The van der Waals surface area contributed by atoms with E-state index in [9.17, 15) is 9.37 Å². The van der Waals surface area contributed by atoms with E-state index in [4.69, 9.17) is 19.1 Å². The number of benzene rings is 5. The van der Waals surface area contributed by atoms with Crippen LogP contribution in [-0.4, -0.2) is 23.0 Å². The van der Waals surface area contributed by atoms with Crippen molar-refractivity contribution in [2.45, 2.75) is 19.6 Å². The molecule has 4 nitrogen and oxygen atoms in total. The summed E-state index contributed by atoms with van der Waals surface area (Å²) in [4.78, 5) is 14.3. The second-order valence-corrected chi connectivity index (χ2v) is 17.3. The van der Waals surface area contributed by atoms with E-state index in [2.05, 4.69) is 37.8 Å². The SMILES string of the molecule is [2H]c1c([2H])c(-c2ccccc2)c2c(sc3c([2H])c(-c4nc(-c5ccc(C#N)cc5)nc(-c5ccc([Si](C)(C)C)cc5)n4)c([2H])c([2H])c32)c1[2H]. The molecular weight excluding hydrogens is 561 g/mol. The number of hydrogen-bond acceptors (Lipinski definition) is 5. The topological polar surface area (TPSA) is 62.5 Å². The molecule has 0 saturated heterocycles. The highest BCUT2D eigenvalue weighted by atomic mass is 32.1. The van der Waals surface area contributed by atoms with Gasteiger partial charge in [0.15, 0.2) is 17.5 Å². The smallest absolute Gasteiger partial charge is 0.164 e. The zero-order valence-corrected chi connectivity index (χ0v) is 25.5. The number of thiophene rings is 1. The van der Waals surface area contributed by atoms with E-state index in [1.807, 2.05) is 42.5 Å². The van der Waals surface area contributed by atoms with Crippen LogP contribution in [0.25, 0.3) is 65.5 Å². The summed E-state index contributed by atoms with van der Waals surface area (Å²) in [7, 11) is -1.58. The molecule has 0 saturated carbocycles. The molecule has 7 rings (SSSR count). The lowest BCUT2D eigenvalue weighted by atomic mass is 9.99. The summed E-state index contributed by atoms with van der Waals surface area (Å²) < 4.78 is 54.7. The first kappa shape index (κ1) is 20.8. The Kier molecular flexibility index (Phi) is 5.19. The molecule has 0 N–H and O–H groups in total. The second kappa shape index (κ2) is 10.7. The van der Waals surface area contributed by atoms with Crippen LogP contribution >= 0.6 is 11.3 Å². The number of nitriles is 1. The first-order valence-corrected chi connectivity index (χ1v) is 18.1.